The lowest BCUT2D eigenvalue weighted by atomic mass is 10.2. The molecule has 0 fully saturated rings. The highest BCUT2D eigenvalue weighted by atomic mass is 35.5. The zero-order chi connectivity index (χ0) is 18.6. The number of benzene rings is 2. The van der Waals surface area contributed by atoms with Gasteiger partial charge in [-0.1, -0.05) is 24.4 Å². The first-order valence-corrected chi connectivity index (χ1v) is 7.69. The van der Waals surface area contributed by atoms with Gasteiger partial charge in [0.1, 0.15) is 5.75 Å². The first-order valence-electron chi connectivity index (χ1n) is 6.91. The highest BCUT2D eigenvalue weighted by Crippen LogP contribution is 2.25. The minimum Gasteiger partial charge on any atom is -0.495 e. The molecule has 0 heterocycles. The molecule has 2 aromatic rings. The summed E-state index contributed by atoms with van der Waals surface area (Å²) >= 11 is 10.0. The summed E-state index contributed by atoms with van der Waals surface area (Å²) in [6, 6.07) is 9.43. The molecule has 2 aromatic carbocycles. The van der Waals surface area contributed by atoms with Crippen LogP contribution in [-0.4, -0.2) is 25.0 Å². The molecule has 3 N–H and O–H groups in total. The predicted octanol–water partition coefficient (Wildman–Crippen LogP) is 2.65. The molecule has 2 rings (SSSR count). The van der Waals surface area contributed by atoms with E-state index in [2.05, 4.69) is 18.1 Å². The van der Waals surface area contributed by atoms with E-state index in [0.717, 1.165) is 4.31 Å². The van der Waals surface area contributed by atoms with E-state index in [0.29, 0.717) is 11.4 Å². The van der Waals surface area contributed by atoms with Crippen molar-refractivity contribution in [1.29, 1.82) is 0 Å². The molecule has 7 nitrogen and oxygen atoms in total. The Bertz CT molecular complexity index is 827. The third kappa shape index (κ3) is 4.43. The van der Waals surface area contributed by atoms with Gasteiger partial charge >= 0.3 is 6.03 Å². The molecule has 0 spiro atoms. The molecule has 0 aliphatic carbocycles. The molecule has 0 aliphatic heterocycles. The number of nitrogens with two attached hydrogens (primary N) is 1. The molecular weight excluding hydrogens is 366 g/mol. The van der Waals surface area contributed by atoms with Gasteiger partial charge < -0.3 is 10.5 Å². The van der Waals surface area contributed by atoms with Crippen molar-refractivity contribution in [3.63, 3.8) is 0 Å². The molecule has 4 amide bonds. The molecule has 0 saturated heterocycles. The van der Waals surface area contributed by atoms with Gasteiger partial charge in [-0.25, -0.2) is 9.10 Å². The molecule has 0 aromatic heterocycles. The normalized spacial score (nSPS) is 10.0. The number of carbonyl (C=O) groups excluding carboxylic acids is 3. The highest BCUT2D eigenvalue weighted by molar-refractivity contribution is 7.82. The molecule has 130 valence electrons. The van der Waals surface area contributed by atoms with Gasteiger partial charge in [0.15, 0.2) is 0 Å². The first-order chi connectivity index (χ1) is 11.8. The molecule has 0 bridgehead atoms. The predicted molar refractivity (Wildman–Crippen MR) is 97.3 cm³/mol. The van der Waals surface area contributed by atoms with Gasteiger partial charge in [-0.15, -0.1) is 0 Å². The monoisotopic (exact) mass is 379 g/mol. The van der Waals surface area contributed by atoms with Crippen molar-refractivity contribution in [3.05, 3.63) is 58.6 Å². The Morgan fingerprint density at radius 2 is 1.72 bits per heavy atom. The van der Waals surface area contributed by atoms with Crippen LogP contribution in [0.5, 0.6) is 5.75 Å². The van der Waals surface area contributed by atoms with Crippen molar-refractivity contribution >= 4 is 47.9 Å². The summed E-state index contributed by atoms with van der Waals surface area (Å²) in [7, 11) is 1.45. The fourth-order valence-corrected chi connectivity index (χ4v) is 2.36. The molecule has 0 aliphatic rings. The number of imide groups is 1. The van der Waals surface area contributed by atoms with Gasteiger partial charge in [-0.3, -0.25) is 14.9 Å². The van der Waals surface area contributed by atoms with Crippen LogP contribution >= 0.6 is 24.4 Å². The van der Waals surface area contributed by atoms with Crippen LogP contribution in [0.2, 0.25) is 5.02 Å². The Hall–Kier alpha value is -2.71. The summed E-state index contributed by atoms with van der Waals surface area (Å²) in [6.07, 6.45) is 0. The van der Waals surface area contributed by atoms with E-state index in [-0.39, 0.29) is 16.1 Å². The number of methoxy groups -OCH3 is 1. The standard InChI is InChI=1S/C16H14ClN3O4S/c1-24-13-7-4-10(8-12(13)17)15(22)19-16(23)20(25)11-5-2-9(3-6-11)14(18)21/h2-8,25H,1H3,(H2,18,21)(H,19,22,23). The number of hydrogen-bond acceptors (Lipinski definition) is 5. The van der Waals surface area contributed by atoms with Gasteiger partial charge in [0.25, 0.3) is 5.91 Å². The number of thiol groups is 1. The van der Waals surface area contributed by atoms with Gasteiger partial charge in [0.05, 0.1) is 17.8 Å². The number of anilines is 1. The summed E-state index contributed by atoms with van der Waals surface area (Å²) in [5.41, 5.74) is 5.97. The lowest BCUT2D eigenvalue weighted by Crippen LogP contribution is -2.38. The molecule has 0 atom stereocenters. The van der Waals surface area contributed by atoms with Crippen LogP contribution in [0.15, 0.2) is 42.5 Å². The van der Waals surface area contributed by atoms with Gasteiger partial charge in [-0.05, 0) is 42.5 Å². The lowest BCUT2D eigenvalue weighted by Gasteiger charge is -2.16. The molecule has 0 saturated carbocycles. The van der Waals surface area contributed by atoms with E-state index in [9.17, 15) is 14.4 Å². The first kappa shape index (κ1) is 18.6. The fourth-order valence-electron chi connectivity index (χ4n) is 1.91. The molecular formula is C16H14ClN3O4S. The van der Waals surface area contributed by atoms with Crippen LogP contribution in [0.4, 0.5) is 10.5 Å². The zero-order valence-corrected chi connectivity index (χ0v) is 14.7. The Labute approximate surface area is 154 Å². The molecule has 25 heavy (non-hydrogen) atoms. The van der Waals surface area contributed by atoms with Crippen LogP contribution in [0, 0.1) is 0 Å². The van der Waals surface area contributed by atoms with Crippen molar-refractivity contribution < 1.29 is 19.1 Å². The lowest BCUT2D eigenvalue weighted by molar-refractivity contribution is 0.0964. The van der Waals surface area contributed by atoms with E-state index in [1.807, 2.05) is 0 Å². The summed E-state index contributed by atoms with van der Waals surface area (Å²) < 4.78 is 5.92. The van der Waals surface area contributed by atoms with Crippen LogP contribution in [-0.2, 0) is 0 Å². The number of halogens is 1. The third-order valence-electron chi connectivity index (χ3n) is 3.22. The molecule has 0 unspecified atom stereocenters. The van der Waals surface area contributed by atoms with Crippen molar-refractivity contribution in [2.75, 3.05) is 11.4 Å². The number of rotatable bonds is 4. The molecule has 0 radical (unpaired) electrons. The number of carbonyl (C=O) groups is 3. The number of amides is 4. The summed E-state index contributed by atoms with van der Waals surface area (Å²) in [6.45, 7) is 0. The second-order valence-electron chi connectivity index (χ2n) is 4.83. The van der Waals surface area contributed by atoms with Crippen LogP contribution in [0.1, 0.15) is 20.7 Å². The van der Waals surface area contributed by atoms with Crippen LogP contribution in [0.25, 0.3) is 0 Å². The smallest absolute Gasteiger partial charge is 0.338 e. The number of primary amides is 1. The van der Waals surface area contributed by atoms with Crippen molar-refractivity contribution in [1.82, 2.24) is 5.32 Å². The summed E-state index contributed by atoms with van der Waals surface area (Å²) in [4.78, 5) is 35.3. The molecule has 9 heteroatoms. The Morgan fingerprint density at radius 3 is 2.24 bits per heavy atom. The number of nitrogens with one attached hydrogen (secondary N) is 1. The number of hydrogen-bond donors (Lipinski definition) is 3. The maximum Gasteiger partial charge on any atom is 0.338 e. The van der Waals surface area contributed by atoms with E-state index >= 15 is 0 Å². The number of nitrogens with zero attached hydrogens (tertiary/aromatic N) is 1. The maximum absolute atomic E-state index is 12.1. The Kier molecular flexibility index (Phi) is 5.89. The van der Waals surface area contributed by atoms with E-state index < -0.39 is 17.8 Å². The van der Waals surface area contributed by atoms with Crippen molar-refractivity contribution in [3.8, 4) is 5.75 Å². The quantitative estimate of drug-likeness (QED) is 0.710. The second-order valence-corrected chi connectivity index (χ2v) is 5.64. The minimum absolute atomic E-state index is 0.185. The van der Waals surface area contributed by atoms with E-state index in [4.69, 9.17) is 22.1 Å². The highest BCUT2D eigenvalue weighted by Gasteiger charge is 2.17. The average molecular weight is 380 g/mol. The fraction of sp³-hybridized carbons (Fsp3) is 0.0625. The largest absolute Gasteiger partial charge is 0.495 e. The third-order valence-corrected chi connectivity index (χ3v) is 3.93. The van der Waals surface area contributed by atoms with Gasteiger partial charge in [0.2, 0.25) is 5.91 Å². The summed E-state index contributed by atoms with van der Waals surface area (Å²) in [5, 5.41) is 2.42. The van der Waals surface area contributed by atoms with E-state index in [1.54, 1.807) is 0 Å². The van der Waals surface area contributed by atoms with Crippen molar-refractivity contribution in [2.45, 2.75) is 0 Å². The van der Waals surface area contributed by atoms with Gasteiger partial charge in [0, 0.05) is 11.1 Å². The maximum atomic E-state index is 12.1. The zero-order valence-electron chi connectivity index (χ0n) is 13.0. The van der Waals surface area contributed by atoms with E-state index in [1.165, 1.54) is 49.6 Å². The van der Waals surface area contributed by atoms with Gasteiger partial charge in [-0.2, -0.15) is 0 Å². The Morgan fingerprint density at radius 1 is 1.12 bits per heavy atom. The summed E-state index contributed by atoms with van der Waals surface area (Å²) in [5.74, 6) is -0.828. The average Bonchev–Trinajstić information content (AvgIpc) is 2.60. The topological polar surface area (TPSA) is 102 Å². The van der Waals surface area contributed by atoms with Crippen molar-refractivity contribution in [2.24, 2.45) is 5.73 Å². The van der Waals surface area contributed by atoms with Crippen LogP contribution in [0.3, 0.4) is 0 Å². The number of urea groups is 1. The number of ether oxygens (including phenoxy) is 1. The SMILES string of the molecule is COc1ccc(C(=O)NC(=O)N(S)c2ccc(C(N)=O)cc2)cc1Cl. The Balaban J connectivity index is 2.08. The van der Waals surface area contributed by atoms with Crippen LogP contribution < -0.4 is 20.1 Å². The second kappa shape index (κ2) is 7.91. The minimum atomic E-state index is -0.771.